The number of ether oxygens (including phenoxy) is 1. The zero-order valence-corrected chi connectivity index (χ0v) is 9.04. The summed E-state index contributed by atoms with van der Waals surface area (Å²) in [7, 11) is 0. The molecule has 2 aromatic carbocycles. The average molecular weight is 256 g/mol. The van der Waals surface area contributed by atoms with Crippen LogP contribution in [0.1, 0.15) is 0 Å². The van der Waals surface area contributed by atoms with Crippen LogP contribution in [0.4, 0.5) is 17.6 Å². The molecule has 0 bridgehead atoms. The average Bonchev–Trinajstić information content (AvgIpc) is 2.26. The third kappa shape index (κ3) is 3.00. The molecule has 0 aliphatic carbocycles. The number of halogens is 4. The van der Waals surface area contributed by atoms with Crippen LogP contribution in [-0.2, 0) is 0 Å². The van der Waals surface area contributed by atoms with E-state index in [0.717, 1.165) is 5.39 Å². The molecular weight excluding hydrogens is 248 g/mol. The Morgan fingerprint density at radius 1 is 1.00 bits per heavy atom. The van der Waals surface area contributed by atoms with E-state index in [-0.39, 0.29) is 5.75 Å². The second kappa shape index (κ2) is 4.68. The third-order valence-corrected chi connectivity index (χ3v) is 2.25. The summed E-state index contributed by atoms with van der Waals surface area (Å²) >= 11 is 0. The molecule has 0 spiro atoms. The Morgan fingerprint density at radius 2 is 1.67 bits per heavy atom. The van der Waals surface area contributed by atoms with Crippen molar-refractivity contribution in [2.75, 3.05) is 0 Å². The van der Waals surface area contributed by atoms with Gasteiger partial charge in [0.2, 0.25) is 0 Å². The van der Waals surface area contributed by atoms with Gasteiger partial charge in [-0.2, -0.15) is 17.6 Å². The molecule has 0 fully saturated rings. The second-order valence-electron chi connectivity index (χ2n) is 3.61. The fourth-order valence-corrected chi connectivity index (χ4v) is 1.54. The molecule has 0 aliphatic rings. The molecule has 0 unspecified atom stereocenters. The van der Waals surface area contributed by atoms with Crippen LogP contribution in [0.2, 0.25) is 0 Å². The highest BCUT2D eigenvalue weighted by molar-refractivity contribution is 5.83. The number of hydrogen-bond acceptors (Lipinski definition) is 1. The maximum Gasteiger partial charge on any atom is 0.425 e. The Kier molecular flexibility index (Phi) is 3.23. The smallest absolute Gasteiger partial charge is 0.425 e. The summed E-state index contributed by atoms with van der Waals surface area (Å²) in [6, 6.07) is 11.3. The van der Waals surface area contributed by atoms with E-state index in [1.165, 1.54) is 12.1 Å². The molecular formula is C13H8F4O. The molecule has 1 nitrogen and oxygen atoms in total. The second-order valence-corrected chi connectivity index (χ2v) is 3.61. The summed E-state index contributed by atoms with van der Waals surface area (Å²) in [4.78, 5) is 0. The quantitative estimate of drug-likeness (QED) is 0.730. The summed E-state index contributed by atoms with van der Waals surface area (Å²) < 4.78 is 53.8. The third-order valence-electron chi connectivity index (χ3n) is 2.25. The number of fused-ring (bicyclic) bond motifs is 1. The van der Waals surface area contributed by atoms with Gasteiger partial charge in [0.05, 0.1) is 6.08 Å². The molecule has 0 heterocycles. The van der Waals surface area contributed by atoms with Crippen LogP contribution in [0.25, 0.3) is 10.8 Å². The van der Waals surface area contributed by atoms with Crippen molar-refractivity contribution >= 4 is 10.8 Å². The van der Waals surface area contributed by atoms with Crippen molar-refractivity contribution in [1.82, 2.24) is 0 Å². The van der Waals surface area contributed by atoms with Gasteiger partial charge >= 0.3 is 6.11 Å². The van der Waals surface area contributed by atoms with Gasteiger partial charge in [0.15, 0.2) is 0 Å². The SMILES string of the molecule is FC(F)=CC(F)(F)Oc1ccc2ccccc2c1. The molecule has 2 rings (SSSR count). The molecule has 0 N–H and O–H groups in total. The Morgan fingerprint density at radius 3 is 2.33 bits per heavy atom. The van der Waals surface area contributed by atoms with Crippen LogP contribution in [0.15, 0.2) is 54.6 Å². The van der Waals surface area contributed by atoms with Crippen molar-refractivity contribution < 1.29 is 22.3 Å². The van der Waals surface area contributed by atoms with Gasteiger partial charge < -0.3 is 4.74 Å². The van der Waals surface area contributed by atoms with Crippen molar-refractivity contribution in [3.63, 3.8) is 0 Å². The van der Waals surface area contributed by atoms with Crippen LogP contribution in [0.3, 0.4) is 0 Å². The Bertz CT molecular complexity index is 588. The topological polar surface area (TPSA) is 9.23 Å². The highest BCUT2D eigenvalue weighted by atomic mass is 19.3. The monoisotopic (exact) mass is 256 g/mol. The molecule has 18 heavy (non-hydrogen) atoms. The summed E-state index contributed by atoms with van der Waals surface area (Å²) in [5.41, 5.74) is 0. The maximum absolute atomic E-state index is 13.0. The van der Waals surface area contributed by atoms with E-state index in [4.69, 9.17) is 0 Å². The van der Waals surface area contributed by atoms with E-state index in [0.29, 0.717) is 5.39 Å². The van der Waals surface area contributed by atoms with Crippen molar-refractivity contribution in [1.29, 1.82) is 0 Å². The van der Waals surface area contributed by atoms with Gasteiger partial charge in [-0.15, -0.1) is 0 Å². The summed E-state index contributed by atoms with van der Waals surface area (Å²) in [5.74, 6) is -0.170. The fraction of sp³-hybridized carbons (Fsp3) is 0.0769. The zero-order valence-electron chi connectivity index (χ0n) is 9.04. The molecule has 0 radical (unpaired) electrons. The van der Waals surface area contributed by atoms with E-state index in [2.05, 4.69) is 4.74 Å². The lowest BCUT2D eigenvalue weighted by molar-refractivity contribution is -0.133. The molecule has 0 amide bonds. The molecule has 0 aromatic heterocycles. The van der Waals surface area contributed by atoms with Crippen molar-refractivity contribution in [3.05, 3.63) is 54.6 Å². The molecule has 94 valence electrons. The molecule has 0 saturated carbocycles. The minimum absolute atomic E-state index is 0.170. The highest BCUT2D eigenvalue weighted by Crippen LogP contribution is 2.27. The van der Waals surface area contributed by atoms with E-state index < -0.39 is 18.3 Å². The van der Waals surface area contributed by atoms with Gasteiger partial charge in [0, 0.05) is 0 Å². The normalized spacial score (nSPS) is 11.3. The molecule has 0 saturated heterocycles. The predicted molar refractivity (Wildman–Crippen MR) is 59.8 cm³/mol. The Hall–Kier alpha value is -2.04. The summed E-state index contributed by atoms with van der Waals surface area (Å²) in [6.45, 7) is 0. The van der Waals surface area contributed by atoms with Crippen LogP contribution < -0.4 is 4.74 Å². The van der Waals surface area contributed by atoms with Gasteiger partial charge in [0.25, 0.3) is 6.08 Å². The Balaban J connectivity index is 2.29. The first-order valence-corrected chi connectivity index (χ1v) is 5.06. The number of hydrogen-bond donors (Lipinski definition) is 0. The highest BCUT2D eigenvalue weighted by Gasteiger charge is 2.30. The van der Waals surface area contributed by atoms with Gasteiger partial charge in [-0.3, -0.25) is 0 Å². The first-order valence-electron chi connectivity index (χ1n) is 5.06. The number of benzene rings is 2. The lowest BCUT2D eigenvalue weighted by Gasteiger charge is -2.14. The molecule has 5 heteroatoms. The molecule has 2 aromatic rings. The van der Waals surface area contributed by atoms with Crippen LogP contribution in [0, 0.1) is 0 Å². The summed E-state index contributed by atoms with van der Waals surface area (Å²) in [6.07, 6.45) is -7.04. The van der Waals surface area contributed by atoms with Crippen molar-refractivity contribution in [2.24, 2.45) is 0 Å². The Labute approximate surface area is 100 Å². The zero-order chi connectivity index (χ0) is 13.2. The minimum atomic E-state index is -4.03. The number of alkyl halides is 2. The van der Waals surface area contributed by atoms with Crippen LogP contribution in [0.5, 0.6) is 5.75 Å². The van der Waals surface area contributed by atoms with E-state index in [9.17, 15) is 17.6 Å². The van der Waals surface area contributed by atoms with Gasteiger partial charge in [0.1, 0.15) is 5.75 Å². The van der Waals surface area contributed by atoms with Crippen LogP contribution in [-0.4, -0.2) is 6.11 Å². The maximum atomic E-state index is 13.0. The van der Waals surface area contributed by atoms with Crippen LogP contribution >= 0.6 is 0 Å². The molecule has 0 aliphatic heterocycles. The van der Waals surface area contributed by atoms with Gasteiger partial charge in [-0.05, 0) is 22.9 Å². The number of rotatable bonds is 3. The van der Waals surface area contributed by atoms with Crippen molar-refractivity contribution in [3.8, 4) is 5.75 Å². The first-order chi connectivity index (χ1) is 8.46. The lowest BCUT2D eigenvalue weighted by atomic mass is 10.1. The lowest BCUT2D eigenvalue weighted by Crippen LogP contribution is -2.21. The van der Waals surface area contributed by atoms with Gasteiger partial charge in [-0.25, -0.2) is 0 Å². The van der Waals surface area contributed by atoms with Crippen molar-refractivity contribution in [2.45, 2.75) is 6.11 Å². The fourth-order valence-electron chi connectivity index (χ4n) is 1.54. The largest absolute Gasteiger partial charge is 0.429 e. The minimum Gasteiger partial charge on any atom is -0.429 e. The summed E-state index contributed by atoms with van der Waals surface area (Å²) in [5, 5.41) is 1.54. The standard InChI is InChI=1S/C13H8F4O/c14-12(15)8-13(16,17)18-11-6-5-9-3-1-2-4-10(9)7-11/h1-8H. The van der Waals surface area contributed by atoms with E-state index >= 15 is 0 Å². The first kappa shape index (κ1) is 12.4. The van der Waals surface area contributed by atoms with E-state index in [1.54, 1.807) is 30.3 Å². The van der Waals surface area contributed by atoms with Gasteiger partial charge in [-0.1, -0.05) is 30.3 Å². The molecule has 0 atom stereocenters. The van der Waals surface area contributed by atoms with E-state index in [1.807, 2.05) is 0 Å². The predicted octanol–water partition coefficient (Wildman–Crippen LogP) is 4.59.